The summed E-state index contributed by atoms with van der Waals surface area (Å²) < 4.78 is 38.0. The van der Waals surface area contributed by atoms with Crippen LogP contribution in [0.5, 0.6) is 0 Å². The molecule has 0 saturated carbocycles. The largest absolute Gasteiger partial charge is 1.00 e. The molecule has 1 aromatic rings. The number of nitrogens with one attached hydrogen (secondary N) is 1. The number of tetrazole rings is 1. The summed E-state index contributed by atoms with van der Waals surface area (Å²) in [4.78, 5) is 36.7. The molecule has 17 heteroatoms. The van der Waals surface area contributed by atoms with Gasteiger partial charge in [0.05, 0.1) is 17.4 Å². The summed E-state index contributed by atoms with van der Waals surface area (Å²) in [5.41, 5.74) is -4.44. The summed E-state index contributed by atoms with van der Waals surface area (Å²) in [5, 5.41) is 24.5. The number of halogens is 3. The number of hydrogen-bond donors (Lipinski definition) is 1. The van der Waals surface area contributed by atoms with E-state index < -0.39 is 52.2 Å². The predicted molar refractivity (Wildman–Crippen MR) is 95.1 cm³/mol. The van der Waals surface area contributed by atoms with Crippen LogP contribution >= 0.6 is 35.3 Å². The minimum absolute atomic E-state index is 0. The smallest absolute Gasteiger partial charge is 0.543 e. The van der Waals surface area contributed by atoms with Gasteiger partial charge in [-0.2, -0.15) is 13.2 Å². The van der Waals surface area contributed by atoms with Gasteiger partial charge in [-0.3, -0.25) is 14.5 Å². The fourth-order valence-corrected chi connectivity index (χ4v) is 5.35. The number of amides is 2. The third-order valence-electron chi connectivity index (χ3n) is 3.88. The van der Waals surface area contributed by atoms with E-state index in [-0.39, 0.29) is 46.8 Å². The molecule has 10 nitrogen and oxygen atoms in total. The number of carbonyl (C=O) groups is 3. The first kappa shape index (κ1) is 25.3. The Balaban J connectivity index is 0.00000320. The van der Waals surface area contributed by atoms with Crippen LogP contribution in [0.4, 0.5) is 13.2 Å². The van der Waals surface area contributed by atoms with Gasteiger partial charge in [0.1, 0.15) is 11.4 Å². The molecule has 2 amide bonds. The quantitative estimate of drug-likeness (QED) is 0.228. The molecule has 3 rings (SSSR count). The number of rotatable bonds is 7. The maximum atomic E-state index is 12.4. The van der Waals surface area contributed by atoms with E-state index in [1.54, 1.807) is 7.05 Å². The van der Waals surface area contributed by atoms with Crippen molar-refractivity contribution in [3.63, 3.8) is 0 Å². The molecule has 1 aromatic heterocycles. The molecular formula is C13H12F3N6NaO4S3. The minimum atomic E-state index is -4.57. The monoisotopic (exact) mass is 492 g/mol. The molecule has 2 atom stereocenters. The molecule has 1 saturated heterocycles. The summed E-state index contributed by atoms with van der Waals surface area (Å²) >= 11 is 1.86. The average molecular weight is 492 g/mol. The molecule has 0 aliphatic carbocycles. The summed E-state index contributed by atoms with van der Waals surface area (Å²) in [6.07, 6.45) is 0. The van der Waals surface area contributed by atoms with Gasteiger partial charge in [0, 0.05) is 18.6 Å². The SMILES string of the molecule is Cn1nnnc1SCC1=C(C(=O)[O-])N2C(=O)C(NC(=O)CSC(F)(F)F)[C@H]2SC1.[Na+]. The van der Waals surface area contributed by atoms with Crippen molar-refractivity contribution in [2.45, 2.75) is 22.1 Å². The topological polar surface area (TPSA) is 133 Å². The number of carbonyl (C=O) groups excluding carboxylic acids is 3. The number of nitrogens with zero attached hydrogens (tertiary/aromatic N) is 5. The Morgan fingerprint density at radius 1 is 1.40 bits per heavy atom. The third-order valence-corrected chi connectivity index (χ3v) is 7.05. The Morgan fingerprint density at radius 2 is 2.10 bits per heavy atom. The van der Waals surface area contributed by atoms with E-state index in [0.29, 0.717) is 10.7 Å². The molecule has 158 valence electrons. The van der Waals surface area contributed by atoms with E-state index in [1.165, 1.54) is 28.2 Å². The summed E-state index contributed by atoms with van der Waals surface area (Å²) in [6.45, 7) is 0. The van der Waals surface area contributed by atoms with Crippen LogP contribution in [0.15, 0.2) is 16.4 Å². The number of carboxylic acids is 1. The zero-order chi connectivity index (χ0) is 21.3. The molecular weight excluding hydrogens is 480 g/mol. The van der Waals surface area contributed by atoms with Crippen LogP contribution in [0.25, 0.3) is 0 Å². The van der Waals surface area contributed by atoms with E-state index in [1.807, 2.05) is 0 Å². The van der Waals surface area contributed by atoms with Crippen LogP contribution in [-0.4, -0.2) is 77.1 Å². The Bertz CT molecular complexity index is 883. The number of carboxylic acid groups (broad SMARTS) is 1. The molecule has 3 heterocycles. The summed E-state index contributed by atoms with van der Waals surface area (Å²) in [5.74, 6) is -3.68. The Morgan fingerprint density at radius 3 is 2.67 bits per heavy atom. The van der Waals surface area contributed by atoms with Gasteiger partial charge in [0.2, 0.25) is 11.1 Å². The Labute approximate surface area is 202 Å². The predicted octanol–water partition coefficient (Wildman–Crippen LogP) is -4.04. The number of fused-ring (bicyclic) bond motifs is 1. The van der Waals surface area contributed by atoms with Crippen molar-refractivity contribution in [2.75, 3.05) is 17.3 Å². The number of hydrogen-bond acceptors (Lipinski definition) is 10. The van der Waals surface area contributed by atoms with E-state index in [0.717, 1.165) is 4.90 Å². The number of aryl methyl sites for hydroxylation is 1. The molecule has 1 N–H and O–H groups in total. The molecule has 0 bridgehead atoms. The second-order valence-corrected chi connectivity index (χ2v) is 8.89. The number of aromatic nitrogens is 4. The van der Waals surface area contributed by atoms with Gasteiger partial charge in [-0.05, 0) is 27.8 Å². The summed E-state index contributed by atoms with van der Waals surface area (Å²) in [6, 6.07) is -1.09. The van der Waals surface area contributed by atoms with Gasteiger partial charge < -0.3 is 15.2 Å². The van der Waals surface area contributed by atoms with Gasteiger partial charge in [-0.15, -0.1) is 16.9 Å². The number of β-lactam (4-membered cyclic amide) rings is 1. The molecule has 0 aromatic carbocycles. The maximum Gasteiger partial charge on any atom is 1.00 e. The Hall–Kier alpha value is -0.940. The molecule has 0 spiro atoms. The normalized spacial score (nSPS) is 20.9. The van der Waals surface area contributed by atoms with Gasteiger partial charge in [0.25, 0.3) is 5.91 Å². The van der Waals surface area contributed by atoms with Crippen molar-refractivity contribution >= 4 is 53.1 Å². The first-order valence-corrected chi connectivity index (χ1v) is 10.8. The molecule has 0 radical (unpaired) electrons. The van der Waals surface area contributed by atoms with E-state index in [4.69, 9.17) is 0 Å². The van der Waals surface area contributed by atoms with Crippen LogP contribution < -0.4 is 40.0 Å². The minimum Gasteiger partial charge on any atom is -0.543 e. The number of thioether (sulfide) groups is 3. The van der Waals surface area contributed by atoms with E-state index in [2.05, 4.69) is 20.8 Å². The van der Waals surface area contributed by atoms with Crippen molar-refractivity contribution in [2.24, 2.45) is 7.05 Å². The zero-order valence-electron chi connectivity index (χ0n) is 15.5. The van der Waals surface area contributed by atoms with E-state index in [9.17, 15) is 32.7 Å². The van der Waals surface area contributed by atoms with Crippen molar-refractivity contribution in [1.82, 2.24) is 30.4 Å². The standard InChI is InChI=1S/C13H13F3N6O4S3.Na/c1-21-12(18-19-20-21)28-3-5-2-27-10-7(9(24)22(10)8(5)11(25)26)17-6(23)4-29-13(14,15)16;/h7,10H,2-4H2,1H3,(H,17,23)(H,25,26);/q;+1/p-1/t7?,10-;/m1./s1. The molecule has 2 aliphatic rings. The zero-order valence-corrected chi connectivity index (χ0v) is 20.0. The van der Waals surface area contributed by atoms with Crippen LogP contribution in [0, 0.1) is 0 Å². The van der Waals surface area contributed by atoms with Gasteiger partial charge >= 0.3 is 35.1 Å². The maximum absolute atomic E-state index is 12.4. The van der Waals surface area contributed by atoms with Crippen molar-refractivity contribution in [1.29, 1.82) is 0 Å². The van der Waals surface area contributed by atoms with Crippen molar-refractivity contribution < 1.29 is 62.2 Å². The fraction of sp³-hybridized carbons (Fsp3) is 0.538. The summed E-state index contributed by atoms with van der Waals surface area (Å²) in [7, 11) is 1.62. The first-order valence-electron chi connectivity index (χ1n) is 7.81. The number of aliphatic carboxylic acids is 1. The van der Waals surface area contributed by atoms with Crippen molar-refractivity contribution in [3.05, 3.63) is 11.3 Å². The molecule has 1 fully saturated rings. The van der Waals surface area contributed by atoms with Gasteiger partial charge in [-0.25, -0.2) is 4.68 Å². The Kier molecular flexibility index (Phi) is 8.54. The van der Waals surface area contributed by atoms with Crippen molar-refractivity contribution in [3.8, 4) is 0 Å². The third kappa shape index (κ3) is 5.64. The number of alkyl halides is 3. The van der Waals surface area contributed by atoms with Crippen LogP contribution in [0.1, 0.15) is 0 Å². The fourth-order valence-electron chi connectivity index (χ4n) is 2.64. The second kappa shape index (κ2) is 10.1. The van der Waals surface area contributed by atoms with Gasteiger partial charge in [-0.1, -0.05) is 11.8 Å². The first-order chi connectivity index (χ1) is 13.6. The van der Waals surface area contributed by atoms with Crippen LogP contribution in [0.3, 0.4) is 0 Å². The van der Waals surface area contributed by atoms with Gasteiger partial charge in [0.15, 0.2) is 0 Å². The molecule has 1 unspecified atom stereocenters. The van der Waals surface area contributed by atoms with Crippen LogP contribution in [0.2, 0.25) is 0 Å². The van der Waals surface area contributed by atoms with E-state index >= 15 is 0 Å². The molecule has 30 heavy (non-hydrogen) atoms. The second-order valence-electron chi connectivity index (χ2n) is 5.80. The van der Waals surface area contributed by atoms with Crippen LogP contribution in [-0.2, 0) is 21.4 Å². The molecule has 2 aliphatic heterocycles. The average Bonchev–Trinajstić information content (AvgIpc) is 3.06.